The molecule has 3 aromatic carbocycles. The highest BCUT2D eigenvalue weighted by Gasteiger charge is 2.22. The van der Waals surface area contributed by atoms with Crippen LogP contribution in [0.2, 0.25) is 0 Å². The average Bonchev–Trinajstić information content (AvgIpc) is 3.40. The number of allylic oxidation sites excluding steroid dienone is 1. The predicted octanol–water partition coefficient (Wildman–Crippen LogP) is 5.94. The second-order valence-corrected chi connectivity index (χ2v) is 10.4. The number of carbonyl (C=O) groups excluding carboxylic acids is 1. The lowest BCUT2D eigenvalue weighted by atomic mass is 9.95. The van der Waals surface area contributed by atoms with E-state index >= 15 is 0 Å². The third-order valence-corrected chi connectivity index (χ3v) is 7.64. The summed E-state index contributed by atoms with van der Waals surface area (Å²) in [5, 5.41) is 1.04. The Balaban J connectivity index is 1.46. The molecule has 0 unspecified atom stereocenters. The second-order valence-electron chi connectivity index (χ2n) is 8.68. The molecule has 0 aliphatic heterocycles. The van der Waals surface area contributed by atoms with Crippen LogP contribution >= 0.6 is 0 Å². The van der Waals surface area contributed by atoms with E-state index in [-0.39, 0.29) is 27.6 Å². The lowest BCUT2D eigenvalue weighted by Crippen LogP contribution is -2.14. The Morgan fingerprint density at radius 2 is 1.62 bits per heavy atom. The van der Waals surface area contributed by atoms with Gasteiger partial charge in [0.1, 0.15) is 17.3 Å². The van der Waals surface area contributed by atoms with E-state index in [0.29, 0.717) is 17.1 Å². The maximum absolute atomic E-state index is 13.4. The Morgan fingerprint density at radius 1 is 0.897 bits per heavy atom. The molecular weight excluding hydrogens is 514 g/mol. The van der Waals surface area contributed by atoms with Crippen molar-refractivity contribution in [2.75, 3.05) is 18.9 Å². The number of sulfonamides is 1. The summed E-state index contributed by atoms with van der Waals surface area (Å²) in [7, 11) is -0.802. The Bertz CT molecular complexity index is 1760. The molecule has 8 nitrogen and oxygen atoms in total. The summed E-state index contributed by atoms with van der Waals surface area (Å²) in [6, 6.07) is 24.0. The molecule has 0 radical (unpaired) electrons. The molecule has 0 bridgehead atoms. The first-order valence-corrected chi connectivity index (χ1v) is 13.4. The zero-order valence-electron chi connectivity index (χ0n) is 21.3. The van der Waals surface area contributed by atoms with Crippen molar-refractivity contribution in [2.24, 2.45) is 0 Å². The van der Waals surface area contributed by atoms with Gasteiger partial charge in [0.15, 0.2) is 5.78 Å². The standard InChI is InChI=1S/C30H25N3O5S/c1-19(30(34)20-11-13-22(14-12-20)39(35,36)33-29-10-6-7-15-31-29)23-17-24(28(38-3)18-27(23)37-2)26-16-21-8-4-5-9-25(21)32-26/h4-18,32H,1H2,2-3H3,(H,31,33). The molecule has 0 aliphatic rings. The van der Waals surface area contributed by atoms with E-state index < -0.39 is 10.0 Å². The van der Waals surface area contributed by atoms with E-state index in [9.17, 15) is 13.2 Å². The molecule has 0 saturated heterocycles. The number of ketones is 1. The van der Waals surface area contributed by atoms with Crippen LogP contribution in [0.4, 0.5) is 5.82 Å². The number of nitrogens with zero attached hydrogens (tertiary/aromatic N) is 1. The van der Waals surface area contributed by atoms with Crippen molar-refractivity contribution in [1.29, 1.82) is 0 Å². The topological polar surface area (TPSA) is 110 Å². The van der Waals surface area contributed by atoms with Crippen LogP contribution in [-0.4, -0.2) is 38.4 Å². The van der Waals surface area contributed by atoms with E-state index in [0.717, 1.165) is 22.2 Å². The SMILES string of the molecule is C=C(C(=O)c1ccc(S(=O)(=O)Nc2ccccn2)cc1)c1cc(-c2cc3ccccc3[nH]2)c(OC)cc1OC. The van der Waals surface area contributed by atoms with Crippen LogP contribution in [-0.2, 0) is 10.0 Å². The summed E-state index contributed by atoms with van der Waals surface area (Å²) in [6.45, 7) is 4.05. The van der Waals surface area contributed by atoms with E-state index in [2.05, 4.69) is 21.3 Å². The fourth-order valence-corrected chi connectivity index (χ4v) is 5.27. The first kappa shape index (κ1) is 25.7. The number of pyridine rings is 1. The Labute approximate surface area is 226 Å². The minimum Gasteiger partial charge on any atom is -0.496 e. The number of H-pyrrole nitrogens is 1. The van der Waals surface area contributed by atoms with Gasteiger partial charge < -0.3 is 14.5 Å². The van der Waals surface area contributed by atoms with E-state index in [1.54, 1.807) is 37.4 Å². The summed E-state index contributed by atoms with van der Waals surface area (Å²) in [5.41, 5.74) is 3.48. The Hall–Kier alpha value is -4.89. The quantitative estimate of drug-likeness (QED) is 0.177. The molecular formula is C30H25N3O5S. The smallest absolute Gasteiger partial charge is 0.263 e. The van der Waals surface area contributed by atoms with Crippen LogP contribution in [0.5, 0.6) is 11.5 Å². The first-order valence-electron chi connectivity index (χ1n) is 11.9. The van der Waals surface area contributed by atoms with Crippen molar-refractivity contribution < 1.29 is 22.7 Å². The van der Waals surface area contributed by atoms with Crippen molar-refractivity contribution in [2.45, 2.75) is 4.90 Å². The molecule has 0 spiro atoms. The number of hydrogen-bond acceptors (Lipinski definition) is 6. The summed E-state index contributed by atoms with van der Waals surface area (Å²) in [5.74, 6) is 0.812. The highest BCUT2D eigenvalue weighted by atomic mass is 32.2. The highest BCUT2D eigenvalue weighted by Crippen LogP contribution is 2.40. The van der Waals surface area contributed by atoms with Gasteiger partial charge in [-0.15, -0.1) is 0 Å². The minimum atomic E-state index is -3.88. The van der Waals surface area contributed by atoms with Crippen LogP contribution in [0.1, 0.15) is 15.9 Å². The van der Waals surface area contributed by atoms with Gasteiger partial charge in [0, 0.05) is 45.4 Å². The molecule has 0 amide bonds. The third kappa shape index (κ3) is 5.12. The molecule has 9 heteroatoms. The van der Waals surface area contributed by atoms with Crippen LogP contribution in [0.15, 0.2) is 103 Å². The normalized spacial score (nSPS) is 11.2. The van der Waals surface area contributed by atoms with Crippen molar-refractivity contribution in [3.63, 3.8) is 0 Å². The van der Waals surface area contributed by atoms with Gasteiger partial charge in [-0.1, -0.05) is 30.8 Å². The van der Waals surface area contributed by atoms with Gasteiger partial charge in [0.2, 0.25) is 0 Å². The van der Waals surface area contributed by atoms with Gasteiger partial charge in [-0.25, -0.2) is 13.4 Å². The van der Waals surface area contributed by atoms with E-state index in [1.807, 2.05) is 30.3 Å². The second kappa shape index (κ2) is 10.5. The molecule has 0 saturated carbocycles. The summed E-state index contributed by atoms with van der Waals surface area (Å²) >= 11 is 0. The molecule has 5 aromatic rings. The van der Waals surface area contributed by atoms with Gasteiger partial charge >= 0.3 is 0 Å². The number of rotatable bonds is 9. The monoisotopic (exact) mass is 539 g/mol. The van der Waals surface area contributed by atoms with Gasteiger partial charge in [0.05, 0.1) is 24.8 Å². The van der Waals surface area contributed by atoms with Gasteiger partial charge in [0.25, 0.3) is 10.0 Å². The number of para-hydroxylation sites is 1. The number of aromatic nitrogens is 2. The average molecular weight is 540 g/mol. The van der Waals surface area contributed by atoms with Crippen LogP contribution < -0.4 is 14.2 Å². The lowest BCUT2D eigenvalue weighted by molar-refractivity contribution is 0.105. The number of hydrogen-bond donors (Lipinski definition) is 2. The fourth-order valence-electron chi connectivity index (χ4n) is 4.27. The molecule has 2 heterocycles. The number of aromatic amines is 1. The number of carbonyl (C=O) groups is 1. The van der Waals surface area contributed by atoms with Gasteiger partial charge in [-0.3, -0.25) is 9.52 Å². The van der Waals surface area contributed by atoms with Crippen molar-refractivity contribution in [3.8, 4) is 22.8 Å². The van der Waals surface area contributed by atoms with Crippen LogP contribution in [0.3, 0.4) is 0 Å². The third-order valence-electron chi connectivity index (χ3n) is 6.27. The Kier molecular flexibility index (Phi) is 6.91. The zero-order valence-corrected chi connectivity index (χ0v) is 22.1. The summed E-state index contributed by atoms with van der Waals surface area (Å²) in [6.07, 6.45) is 1.49. The first-order chi connectivity index (χ1) is 18.8. The molecule has 5 rings (SSSR count). The number of methoxy groups -OCH3 is 2. The number of nitrogens with one attached hydrogen (secondary N) is 2. The number of anilines is 1. The molecule has 196 valence electrons. The molecule has 0 aliphatic carbocycles. The zero-order chi connectivity index (χ0) is 27.6. The largest absolute Gasteiger partial charge is 0.496 e. The summed E-state index contributed by atoms with van der Waals surface area (Å²) in [4.78, 5) is 20.8. The molecule has 2 N–H and O–H groups in total. The number of benzene rings is 3. The van der Waals surface area contributed by atoms with Crippen molar-refractivity contribution in [1.82, 2.24) is 9.97 Å². The highest BCUT2D eigenvalue weighted by molar-refractivity contribution is 7.92. The lowest BCUT2D eigenvalue weighted by Gasteiger charge is -2.16. The number of fused-ring (bicyclic) bond motifs is 1. The minimum absolute atomic E-state index is 0.00144. The summed E-state index contributed by atoms with van der Waals surface area (Å²) < 4.78 is 39.1. The molecule has 0 fully saturated rings. The fraction of sp³-hybridized carbons (Fsp3) is 0.0667. The van der Waals surface area contributed by atoms with Gasteiger partial charge in [-0.2, -0.15) is 0 Å². The van der Waals surface area contributed by atoms with Crippen molar-refractivity contribution in [3.05, 3.63) is 109 Å². The maximum atomic E-state index is 13.4. The van der Waals surface area contributed by atoms with E-state index in [1.165, 1.54) is 37.6 Å². The molecule has 2 aromatic heterocycles. The maximum Gasteiger partial charge on any atom is 0.263 e. The predicted molar refractivity (Wildman–Crippen MR) is 152 cm³/mol. The molecule has 0 atom stereocenters. The van der Waals surface area contributed by atoms with Crippen LogP contribution in [0, 0.1) is 0 Å². The van der Waals surface area contributed by atoms with Crippen LogP contribution in [0.25, 0.3) is 27.7 Å². The number of Topliss-reactive ketones (excluding diaryl/α,β-unsaturated/α-hetero) is 1. The van der Waals surface area contributed by atoms with Gasteiger partial charge in [-0.05, 0) is 54.6 Å². The van der Waals surface area contributed by atoms with Crippen molar-refractivity contribution >= 4 is 38.1 Å². The Morgan fingerprint density at radius 3 is 2.28 bits per heavy atom. The number of ether oxygens (including phenoxy) is 2. The van der Waals surface area contributed by atoms with E-state index in [4.69, 9.17) is 9.47 Å². The molecule has 39 heavy (non-hydrogen) atoms.